The molecule has 0 rings (SSSR count). The third kappa shape index (κ3) is 13.6. The molecule has 7 heteroatoms. The quantitative estimate of drug-likeness (QED) is 0.568. The molecule has 0 spiro atoms. The molecule has 0 radical (unpaired) electrons. The Labute approximate surface area is 99.8 Å². The van der Waals surface area contributed by atoms with E-state index in [0.717, 1.165) is 13.1 Å². The summed E-state index contributed by atoms with van der Waals surface area (Å²) in [5.41, 5.74) is 0. The fourth-order valence-corrected chi connectivity index (χ4v) is 1.13. The van der Waals surface area contributed by atoms with Crippen molar-refractivity contribution >= 4 is 0 Å². The van der Waals surface area contributed by atoms with Gasteiger partial charge in [-0.2, -0.15) is 13.2 Å². The first kappa shape index (κ1) is 16.6. The topological polar surface area (TPSA) is 42.5 Å². The summed E-state index contributed by atoms with van der Waals surface area (Å²) in [7, 11) is 1.63. The lowest BCUT2D eigenvalue weighted by Crippen LogP contribution is -2.39. The van der Waals surface area contributed by atoms with Crippen molar-refractivity contribution in [2.45, 2.75) is 19.1 Å². The standard InChI is InChI=1S/C10H21F3N2O2/c1-9(7-14-3-5-16-2)15-4-6-17-8-10(11,12)13/h9,14-15H,3-8H2,1-2H3. The van der Waals surface area contributed by atoms with Crippen molar-refractivity contribution in [3.05, 3.63) is 0 Å². The molecule has 1 atom stereocenters. The highest BCUT2D eigenvalue weighted by Crippen LogP contribution is 2.13. The second kappa shape index (κ2) is 9.64. The van der Waals surface area contributed by atoms with Gasteiger partial charge in [0.15, 0.2) is 0 Å². The maximum absolute atomic E-state index is 11.7. The van der Waals surface area contributed by atoms with Gasteiger partial charge >= 0.3 is 6.18 Å². The number of rotatable bonds is 10. The van der Waals surface area contributed by atoms with Crippen LogP contribution in [0.25, 0.3) is 0 Å². The van der Waals surface area contributed by atoms with Crippen LogP contribution in [0, 0.1) is 0 Å². The van der Waals surface area contributed by atoms with Crippen LogP contribution in [-0.4, -0.2) is 58.8 Å². The van der Waals surface area contributed by atoms with Crippen LogP contribution in [0.15, 0.2) is 0 Å². The van der Waals surface area contributed by atoms with Gasteiger partial charge in [-0.15, -0.1) is 0 Å². The molecule has 0 amide bonds. The SMILES string of the molecule is COCCNCC(C)NCCOCC(F)(F)F. The molecule has 0 fully saturated rings. The molecule has 0 saturated carbocycles. The fourth-order valence-electron chi connectivity index (χ4n) is 1.13. The van der Waals surface area contributed by atoms with E-state index in [1.807, 2.05) is 6.92 Å². The molecule has 0 saturated heterocycles. The van der Waals surface area contributed by atoms with Gasteiger partial charge in [-0.25, -0.2) is 0 Å². The molecule has 0 aliphatic rings. The van der Waals surface area contributed by atoms with E-state index in [1.165, 1.54) is 0 Å². The van der Waals surface area contributed by atoms with Crippen molar-refractivity contribution in [3.63, 3.8) is 0 Å². The number of nitrogens with one attached hydrogen (secondary N) is 2. The molecule has 0 aliphatic carbocycles. The Balaban J connectivity index is 3.24. The average molecular weight is 258 g/mol. The van der Waals surface area contributed by atoms with Gasteiger partial charge < -0.3 is 20.1 Å². The van der Waals surface area contributed by atoms with Crippen LogP contribution < -0.4 is 10.6 Å². The number of ether oxygens (including phenoxy) is 2. The number of methoxy groups -OCH3 is 1. The van der Waals surface area contributed by atoms with E-state index < -0.39 is 12.8 Å². The molecular weight excluding hydrogens is 237 g/mol. The summed E-state index contributed by atoms with van der Waals surface area (Å²) in [5.74, 6) is 0. The van der Waals surface area contributed by atoms with Gasteiger partial charge in [0.1, 0.15) is 6.61 Å². The molecule has 0 aromatic heterocycles. The minimum Gasteiger partial charge on any atom is -0.383 e. The molecule has 1 unspecified atom stereocenters. The highest BCUT2D eigenvalue weighted by atomic mass is 19.4. The minimum absolute atomic E-state index is 0.0575. The molecule has 2 N–H and O–H groups in total. The minimum atomic E-state index is -4.24. The van der Waals surface area contributed by atoms with E-state index in [-0.39, 0.29) is 12.6 Å². The third-order valence-corrected chi connectivity index (χ3v) is 1.94. The summed E-state index contributed by atoms with van der Waals surface area (Å²) < 4.78 is 44.5. The van der Waals surface area contributed by atoms with Gasteiger partial charge in [-0.1, -0.05) is 0 Å². The highest BCUT2D eigenvalue weighted by molar-refractivity contribution is 4.63. The summed E-state index contributed by atoms with van der Waals surface area (Å²) in [6.45, 7) is 3.36. The van der Waals surface area contributed by atoms with Crippen LogP contribution in [0.1, 0.15) is 6.92 Å². The van der Waals surface area contributed by atoms with E-state index >= 15 is 0 Å². The zero-order valence-corrected chi connectivity index (χ0v) is 10.3. The van der Waals surface area contributed by atoms with E-state index in [0.29, 0.717) is 13.2 Å². The summed E-state index contributed by atoms with van der Waals surface area (Å²) in [5, 5.41) is 6.19. The Morgan fingerprint density at radius 1 is 1.18 bits per heavy atom. The molecule has 4 nitrogen and oxygen atoms in total. The van der Waals surface area contributed by atoms with E-state index in [2.05, 4.69) is 15.4 Å². The third-order valence-electron chi connectivity index (χ3n) is 1.94. The van der Waals surface area contributed by atoms with E-state index in [1.54, 1.807) is 7.11 Å². The smallest absolute Gasteiger partial charge is 0.383 e. The van der Waals surface area contributed by atoms with Gasteiger partial charge in [0.05, 0.1) is 13.2 Å². The van der Waals surface area contributed by atoms with Crippen LogP contribution in [0.3, 0.4) is 0 Å². The van der Waals surface area contributed by atoms with Crippen molar-refractivity contribution < 1.29 is 22.6 Å². The van der Waals surface area contributed by atoms with Crippen molar-refractivity contribution in [1.29, 1.82) is 0 Å². The zero-order valence-electron chi connectivity index (χ0n) is 10.3. The highest BCUT2D eigenvalue weighted by Gasteiger charge is 2.27. The predicted molar refractivity (Wildman–Crippen MR) is 59.1 cm³/mol. The van der Waals surface area contributed by atoms with Crippen LogP contribution in [0.5, 0.6) is 0 Å². The molecule has 0 aromatic rings. The summed E-state index contributed by atoms with van der Waals surface area (Å²) >= 11 is 0. The first-order valence-electron chi connectivity index (χ1n) is 5.53. The number of hydrogen-bond acceptors (Lipinski definition) is 4. The zero-order chi connectivity index (χ0) is 13.1. The second-order valence-electron chi connectivity index (χ2n) is 3.72. The van der Waals surface area contributed by atoms with Crippen LogP contribution >= 0.6 is 0 Å². The maximum Gasteiger partial charge on any atom is 0.411 e. The van der Waals surface area contributed by atoms with Gasteiger partial charge in [0.2, 0.25) is 0 Å². The fraction of sp³-hybridized carbons (Fsp3) is 1.00. The van der Waals surface area contributed by atoms with E-state index in [4.69, 9.17) is 4.74 Å². The Hall–Kier alpha value is -0.370. The van der Waals surface area contributed by atoms with E-state index in [9.17, 15) is 13.2 Å². The van der Waals surface area contributed by atoms with Crippen molar-refractivity contribution in [2.75, 3.05) is 46.6 Å². The average Bonchev–Trinajstić information content (AvgIpc) is 2.22. The van der Waals surface area contributed by atoms with Crippen LogP contribution in [-0.2, 0) is 9.47 Å². The predicted octanol–water partition coefficient (Wildman–Crippen LogP) is 0.779. The summed E-state index contributed by atoms with van der Waals surface area (Å²) in [4.78, 5) is 0. The molecular formula is C10H21F3N2O2. The number of hydrogen-bond donors (Lipinski definition) is 2. The first-order valence-corrected chi connectivity index (χ1v) is 5.53. The second-order valence-corrected chi connectivity index (χ2v) is 3.72. The van der Waals surface area contributed by atoms with Gasteiger partial charge in [0, 0.05) is 32.8 Å². The van der Waals surface area contributed by atoms with Gasteiger partial charge in [-0.3, -0.25) is 0 Å². The summed E-state index contributed by atoms with van der Waals surface area (Å²) in [6, 6.07) is 0.182. The van der Waals surface area contributed by atoms with Gasteiger partial charge in [0.25, 0.3) is 0 Å². The Morgan fingerprint density at radius 2 is 1.88 bits per heavy atom. The molecule has 0 heterocycles. The lowest BCUT2D eigenvalue weighted by molar-refractivity contribution is -0.173. The molecule has 104 valence electrons. The largest absolute Gasteiger partial charge is 0.411 e. The summed E-state index contributed by atoms with van der Waals surface area (Å²) in [6.07, 6.45) is -4.24. The van der Waals surface area contributed by atoms with Crippen molar-refractivity contribution in [3.8, 4) is 0 Å². The monoisotopic (exact) mass is 258 g/mol. The molecule has 0 bridgehead atoms. The molecule has 0 aromatic carbocycles. The normalized spacial score (nSPS) is 13.9. The maximum atomic E-state index is 11.7. The lowest BCUT2D eigenvalue weighted by Gasteiger charge is -2.15. The Bertz CT molecular complexity index is 179. The number of halogens is 3. The lowest BCUT2D eigenvalue weighted by atomic mass is 10.3. The van der Waals surface area contributed by atoms with Crippen LogP contribution in [0.4, 0.5) is 13.2 Å². The molecule has 0 aliphatic heterocycles. The first-order chi connectivity index (χ1) is 7.95. The van der Waals surface area contributed by atoms with Gasteiger partial charge in [-0.05, 0) is 6.92 Å². The van der Waals surface area contributed by atoms with Crippen molar-refractivity contribution in [2.24, 2.45) is 0 Å². The Morgan fingerprint density at radius 3 is 2.47 bits per heavy atom. The Kier molecular flexibility index (Phi) is 9.43. The van der Waals surface area contributed by atoms with Crippen LogP contribution in [0.2, 0.25) is 0 Å². The number of alkyl halides is 3. The molecule has 17 heavy (non-hydrogen) atoms. The van der Waals surface area contributed by atoms with Crippen molar-refractivity contribution in [1.82, 2.24) is 10.6 Å².